The van der Waals surface area contributed by atoms with Gasteiger partial charge in [0, 0.05) is 31.9 Å². The Balaban J connectivity index is 1.82. The number of carbonyl (C=O) groups is 1. The Kier molecular flexibility index (Phi) is 5.80. The molecule has 0 radical (unpaired) electrons. The van der Waals surface area contributed by atoms with E-state index < -0.39 is 0 Å². The molecule has 6 nitrogen and oxygen atoms in total. The molecule has 1 aliphatic rings. The van der Waals surface area contributed by atoms with E-state index in [1.54, 1.807) is 12.1 Å². The van der Waals surface area contributed by atoms with Crippen LogP contribution in [-0.4, -0.2) is 56.0 Å². The molecule has 0 aliphatic carbocycles. The van der Waals surface area contributed by atoms with Gasteiger partial charge in [-0.2, -0.15) is 0 Å². The predicted molar refractivity (Wildman–Crippen MR) is 88.5 cm³/mol. The van der Waals surface area contributed by atoms with Gasteiger partial charge in [-0.15, -0.1) is 6.42 Å². The number of amides is 1. The molecule has 1 amide bonds. The van der Waals surface area contributed by atoms with Crippen molar-refractivity contribution >= 4 is 17.6 Å². The maximum Gasteiger partial charge on any atom is 0.242 e. The predicted octanol–water partition coefficient (Wildman–Crippen LogP) is 0.0118. The van der Waals surface area contributed by atoms with Gasteiger partial charge in [0.05, 0.1) is 6.54 Å². The standard InChI is InChI=1S/C16H20FN5O/c1-2-7-19-15(23)12-20-16(18)22-10-8-21(9-11-22)14-5-3-13(17)4-6-14/h1,3-6H,7-12H2,(H2,18,20)(H,19,23). The summed E-state index contributed by atoms with van der Waals surface area (Å²) in [5.74, 6) is 2.17. The normalized spacial score (nSPS) is 15.2. The average Bonchev–Trinajstić information content (AvgIpc) is 2.58. The van der Waals surface area contributed by atoms with Crippen LogP contribution in [0, 0.1) is 18.2 Å². The fraction of sp³-hybridized carbons (Fsp3) is 0.375. The first-order valence-electron chi connectivity index (χ1n) is 7.35. The summed E-state index contributed by atoms with van der Waals surface area (Å²) in [7, 11) is 0. The molecule has 1 heterocycles. The molecule has 0 atom stereocenters. The Morgan fingerprint density at radius 3 is 2.57 bits per heavy atom. The number of guanidine groups is 1. The number of anilines is 1. The van der Waals surface area contributed by atoms with Gasteiger partial charge in [0.15, 0.2) is 5.96 Å². The van der Waals surface area contributed by atoms with Gasteiger partial charge in [0.1, 0.15) is 12.4 Å². The lowest BCUT2D eigenvalue weighted by Gasteiger charge is -2.36. The number of nitrogens with zero attached hydrogens (tertiary/aromatic N) is 3. The SMILES string of the molecule is C#CCNC(=O)CN=C(N)N1CCN(c2ccc(F)cc2)CC1. The molecule has 23 heavy (non-hydrogen) atoms. The van der Waals surface area contributed by atoms with Gasteiger partial charge in [0.25, 0.3) is 0 Å². The Morgan fingerprint density at radius 1 is 1.30 bits per heavy atom. The number of nitrogens with two attached hydrogens (primary N) is 1. The summed E-state index contributed by atoms with van der Waals surface area (Å²) in [6.45, 7) is 3.05. The van der Waals surface area contributed by atoms with Gasteiger partial charge in [-0.25, -0.2) is 9.38 Å². The number of benzene rings is 1. The fourth-order valence-electron chi connectivity index (χ4n) is 2.30. The number of halogens is 1. The van der Waals surface area contributed by atoms with Crippen LogP contribution >= 0.6 is 0 Å². The summed E-state index contributed by atoms with van der Waals surface area (Å²) in [5, 5.41) is 2.53. The molecule has 1 aromatic rings. The number of aliphatic imine (C=N–C) groups is 1. The minimum atomic E-state index is -0.254. The lowest BCUT2D eigenvalue weighted by molar-refractivity contribution is -0.119. The first-order chi connectivity index (χ1) is 11.1. The van der Waals surface area contributed by atoms with Crippen LogP contribution in [0.3, 0.4) is 0 Å². The van der Waals surface area contributed by atoms with Gasteiger partial charge >= 0.3 is 0 Å². The molecular formula is C16H20FN5O. The average molecular weight is 317 g/mol. The van der Waals surface area contributed by atoms with Crippen molar-refractivity contribution in [1.82, 2.24) is 10.2 Å². The molecule has 1 saturated heterocycles. The first-order valence-corrected chi connectivity index (χ1v) is 7.35. The third kappa shape index (κ3) is 4.88. The van der Waals surface area contributed by atoms with E-state index in [4.69, 9.17) is 12.2 Å². The van der Waals surface area contributed by atoms with E-state index in [9.17, 15) is 9.18 Å². The zero-order valence-corrected chi connectivity index (χ0v) is 12.8. The lowest BCUT2D eigenvalue weighted by Crippen LogP contribution is -2.51. The highest BCUT2D eigenvalue weighted by molar-refractivity contribution is 5.84. The zero-order chi connectivity index (χ0) is 16.7. The van der Waals surface area contributed by atoms with E-state index in [1.165, 1.54) is 12.1 Å². The maximum atomic E-state index is 12.9. The Labute approximate surface area is 135 Å². The third-order valence-corrected chi connectivity index (χ3v) is 3.57. The van der Waals surface area contributed by atoms with Crippen molar-refractivity contribution in [2.45, 2.75) is 0 Å². The Morgan fingerprint density at radius 2 is 1.96 bits per heavy atom. The summed E-state index contributed by atoms with van der Waals surface area (Å²) in [6, 6.07) is 6.43. The van der Waals surface area contributed by atoms with E-state index >= 15 is 0 Å². The molecule has 122 valence electrons. The molecule has 1 aliphatic heterocycles. The van der Waals surface area contributed by atoms with Crippen molar-refractivity contribution < 1.29 is 9.18 Å². The molecule has 0 aromatic heterocycles. The van der Waals surface area contributed by atoms with Crippen molar-refractivity contribution in [3.05, 3.63) is 30.1 Å². The van der Waals surface area contributed by atoms with E-state index in [1.807, 2.05) is 4.90 Å². The van der Waals surface area contributed by atoms with Gasteiger partial charge in [0.2, 0.25) is 5.91 Å². The Bertz CT molecular complexity index is 600. The van der Waals surface area contributed by atoms with Crippen LogP contribution in [0.2, 0.25) is 0 Å². The highest BCUT2D eigenvalue weighted by atomic mass is 19.1. The Hall–Kier alpha value is -2.75. The van der Waals surface area contributed by atoms with Crippen LogP contribution in [0.25, 0.3) is 0 Å². The lowest BCUT2D eigenvalue weighted by atomic mass is 10.2. The number of terminal acetylenes is 1. The van der Waals surface area contributed by atoms with E-state index in [2.05, 4.69) is 21.1 Å². The molecule has 1 aromatic carbocycles. The van der Waals surface area contributed by atoms with Crippen LogP contribution in [0.4, 0.5) is 10.1 Å². The minimum absolute atomic E-state index is 0.0360. The monoisotopic (exact) mass is 317 g/mol. The van der Waals surface area contributed by atoms with Crippen LogP contribution in [0.1, 0.15) is 0 Å². The van der Waals surface area contributed by atoms with Gasteiger partial charge in [-0.3, -0.25) is 4.79 Å². The van der Waals surface area contributed by atoms with Crippen molar-refractivity contribution in [2.24, 2.45) is 10.7 Å². The third-order valence-electron chi connectivity index (χ3n) is 3.57. The number of carbonyl (C=O) groups excluding carboxylic acids is 1. The molecule has 0 spiro atoms. The first kappa shape index (κ1) is 16.6. The maximum absolute atomic E-state index is 12.9. The van der Waals surface area contributed by atoms with Crippen molar-refractivity contribution in [2.75, 3.05) is 44.2 Å². The van der Waals surface area contributed by atoms with Crippen LogP contribution in [0.15, 0.2) is 29.3 Å². The van der Waals surface area contributed by atoms with Crippen LogP contribution in [0.5, 0.6) is 0 Å². The molecule has 1 fully saturated rings. The quantitative estimate of drug-likeness (QED) is 0.466. The highest BCUT2D eigenvalue weighted by Crippen LogP contribution is 2.16. The van der Waals surface area contributed by atoms with Gasteiger partial charge in [-0.1, -0.05) is 5.92 Å². The largest absolute Gasteiger partial charge is 0.370 e. The molecule has 3 N–H and O–H groups in total. The van der Waals surface area contributed by atoms with Crippen molar-refractivity contribution in [3.63, 3.8) is 0 Å². The summed E-state index contributed by atoms with van der Waals surface area (Å²) < 4.78 is 12.9. The number of piperazine rings is 1. The summed E-state index contributed by atoms with van der Waals surface area (Å²) in [6.07, 6.45) is 5.06. The molecule has 7 heteroatoms. The van der Waals surface area contributed by atoms with Crippen LogP contribution in [-0.2, 0) is 4.79 Å². The van der Waals surface area contributed by atoms with Gasteiger partial charge < -0.3 is 20.9 Å². The second kappa shape index (κ2) is 8.03. The van der Waals surface area contributed by atoms with E-state index in [-0.39, 0.29) is 24.8 Å². The summed E-state index contributed by atoms with van der Waals surface area (Å²) in [5.41, 5.74) is 6.90. The van der Waals surface area contributed by atoms with E-state index in [0.717, 1.165) is 18.8 Å². The second-order valence-corrected chi connectivity index (χ2v) is 5.11. The molecular weight excluding hydrogens is 297 g/mol. The highest BCUT2D eigenvalue weighted by Gasteiger charge is 2.18. The molecule has 2 rings (SSSR count). The smallest absolute Gasteiger partial charge is 0.242 e. The number of hydrogen-bond donors (Lipinski definition) is 2. The topological polar surface area (TPSA) is 74.0 Å². The fourth-order valence-corrected chi connectivity index (χ4v) is 2.30. The number of rotatable bonds is 4. The molecule has 0 unspecified atom stereocenters. The van der Waals surface area contributed by atoms with Crippen molar-refractivity contribution in [3.8, 4) is 12.3 Å². The minimum Gasteiger partial charge on any atom is -0.370 e. The van der Waals surface area contributed by atoms with Crippen molar-refractivity contribution in [1.29, 1.82) is 0 Å². The zero-order valence-electron chi connectivity index (χ0n) is 12.8. The molecule has 0 saturated carbocycles. The van der Waals surface area contributed by atoms with Crippen LogP contribution < -0.4 is 16.0 Å². The van der Waals surface area contributed by atoms with Gasteiger partial charge in [-0.05, 0) is 24.3 Å². The number of nitrogens with one attached hydrogen (secondary N) is 1. The second-order valence-electron chi connectivity index (χ2n) is 5.11. The summed E-state index contributed by atoms with van der Waals surface area (Å²) >= 11 is 0. The van der Waals surface area contributed by atoms with E-state index in [0.29, 0.717) is 19.0 Å². The summed E-state index contributed by atoms with van der Waals surface area (Å²) in [4.78, 5) is 19.6. The number of hydrogen-bond acceptors (Lipinski definition) is 3. The molecule has 0 bridgehead atoms.